The van der Waals surface area contributed by atoms with Gasteiger partial charge in [-0.25, -0.2) is 13.1 Å². The smallest absolute Gasteiger partial charge is 0.241 e. The highest BCUT2D eigenvalue weighted by atomic mass is 32.2. The Labute approximate surface area is 108 Å². The van der Waals surface area contributed by atoms with Gasteiger partial charge in [-0.1, -0.05) is 0 Å². The van der Waals surface area contributed by atoms with Gasteiger partial charge in [-0.2, -0.15) is 0 Å². The largest absolute Gasteiger partial charge is 0.398 e. The lowest BCUT2D eigenvalue weighted by Gasteiger charge is -2.16. The van der Waals surface area contributed by atoms with E-state index in [-0.39, 0.29) is 11.4 Å². The molecular formula is C12H20N2O3S. The van der Waals surface area contributed by atoms with Crippen LogP contribution in [0.3, 0.4) is 0 Å². The molecule has 102 valence electrons. The van der Waals surface area contributed by atoms with Crippen LogP contribution >= 0.6 is 0 Å². The SMILES string of the molecule is Cc1cc(N)c(C)c(S(=O)(=O)NC[C@H](C)O)c1C. The van der Waals surface area contributed by atoms with Crippen LogP contribution < -0.4 is 10.5 Å². The molecule has 0 bridgehead atoms. The second-order valence-electron chi connectivity index (χ2n) is 4.56. The van der Waals surface area contributed by atoms with Crippen molar-refractivity contribution >= 4 is 15.7 Å². The van der Waals surface area contributed by atoms with Gasteiger partial charge in [-0.05, 0) is 50.5 Å². The number of nitrogens with two attached hydrogens (primary N) is 1. The number of hydrogen-bond acceptors (Lipinski definition) is 4. The summed E-state index contributed by atoms with van der Waals surface area (Å²) < 4.78 is 26.8. The molecule has 0 aromatic heterocycles. The molecule has 0 heterocycles. The Bertz CT molecular complexity index is 525. The molecule has 1 rings (SSSR count). The normalized spacial score (nSPS) is 13.6. The molecule has 1 atom stereocenters. The number of aryl methyl sites for hydroxylation is 1. The van der Waals surface area contributed by atoms with Crippen LogP contribution in [0.25, 0.3) is 0 Å². The van der Waals surface area contributed by atoms with Crippen LogP contribution in [0.5, 0.6) is 0 Å². The molecular weight excluding hydrogens is 252 g/mol. The zero-order chi connectivity index (χ0) is 14.1. The molecule has 1 aromatic rings. The first kappa shape index (κ1) is 14.9. The molecule has 0 aliphatic carbocycles. The number of nitrogen functional groups attached to an aromatic ring is 1. The molecule has 0 aliphatic heterocycles. The topological polar surface area (TPSA) is 92.4 Å². The summed E-state index contributed by atoms with van der Waals surface area (Å²) in [6.45, 7) is 6.75. The Kier molecular flexibility index (Phi) is 4.37. The van der Waals surface area contributed by atoms with Gasteiger partial charge in [0.15, 0.2) is 0 Å². The van der Waals surface area contributed by atoms with Gasteiger partial charge in [-0.3, -0.25) is 0 Å². The highest BCUT2D eigenvalue weighted by Crippen LogP contribution is 2.27. The first-order valence-electron chi connectivity index (χ1n) is 5.70. The summed E-state index contributed by atoms with van der Waals surface area (Å²) in [5.74, 6) is 0. The fourth-order valence-electron chi connectivity index (χ4n) is 1.75. The predicted octanol–water partition coefficient (Wildman–Crippen LogP) is 0.853. The van der Waals surface area contributed by atoms with Crippen LogP contribution in [0.15, 0.2) is 11.0 Å². The lowest BCUT2D eigenvalue weighted by molar-refractivity contribution is 0.198. The van der Waals surface area contributed by atoms with Gasteiger partial charge < -0.3 is 10.8 Å². The molecule has 0 saturated heterocycles. The fourth-order valence-corrected chi connectivity index (χ4v) is 3.44. The Balaban J connectivity index is 3.32. The molecule has 0 unspecified atom stereocenters. The highest BCUT2D eigenvalue weighted by Gasteiger charge is 2.22. The average Bonchev–Trinajstić information content (AvgIpc) is 2.24. The highest BCUT2D eigenvalue weighted by molar-refractivity contribution is 7.89. The minimum atomic E-state index is -3.65. The van der Waals surface area contributed by atoms with Crippen LogP contribution in [0.2, 0.25) is 0 Å². The summed E-state index contributed by atoms with van der Waals surface area (Å²) in [5.41, 5.74) is 8.30. The summed E-state index contributed by atoms with van der Waals surface area (Å²) in [6.07, 6.45) is -0.734. The van der Waals surface area contributed by atoms with Gasteiger partial charge in [-0.15, -0.1) is 0 Å². The van der Waals surface area contributed by atoms with Crippen LogP contribution in [0.1, 0.15) is 23.6 Å². The third kappa shape index (κ3) is 3.01. The minimum absolute atomic E-state index is 0.0188. The second-order valence-corrected chi connectivity index (χ2v) is 6.27. The number of anilines is 1. The molecule has 0 spiro atoms. The standard InChI is InChI=1S/C12H20N2O3S/c1-7-5-11(13)10(4)12(9(7)3)18(16,17)14-6-8(2)15/h5,8,14-15H,6,13H2,1-4H3/t8-/m0/s1. The van der Waals surface area contributed by atoms with Gasteiger partial charge in [0, 0.05) is 12.2 Å². The molecule has 5 nitrogen and oxygen atoms in total. The molecule has 0 aliphatic rings. The molecule has 18 heavy (non-hydrogen) atoms. The van der Waals surface area contributed by atoms with Crippen molar-refractivity contribution in [2.24, 2.45) is 0 Å². The van der Waals surface area contributed by atoms with Gasteiger partial charge in [0.2, 0.25) is 10.0 Å². The van der Waals surface area contributed by atoms with E-state index in [1.54, 1.807) is 19.9 Å². The first-order valence-corrected chi connectivity index (χ1v) is 7.19. The van der Waals surface area contributed by atoms with Crippen LogP contribution in [-0.2, 0) is 10.0 Å². The molecule has 6 heteroatoms. The van der Waals surface area contributed by atoms with E-state index in [0.717, 1.165) is 5.56 Å². The van der Waals surface area contributed by atoms with E-state index < -0.39 is 16.1 Å². The zero-order valence-corrected chi connectivity index (χ0v) is 11.9. The quantitative estimate of drug-likeness (QED) is 0.709. The van der Waals surface area contributed by atoms with E-state index in [2.05, 4.69) is 4.72 Å². The van der Waals surface area contributed by atoms with Crippen molar-refractivity contribution in [1.29, 1.82) is 0 Å². The van der Waals surface area contributed by atoms with Crippen molar-refractivity contribution in [3.63, 3.8) is 0 Å². The van der Waals surface area contributed by atoms with E-state index in [1.807, 2.05) is 6.92 Å². The molecule has 0 amide bonds. The van der Waals surface area contributed by atoms with Crippen LogP contribution in [0.4, 0.5) is 5.69 Å². The minimum Gasteiger partial charge on any atom is -0.398 e. The summed E-state index contributed by atoms with van der Waals surface area (Å²) in [6, 6.07) is 1.76. The number of aliphatic hydroxyl groups is 1. The second kappa shape index (κ2) is 5.26. The number of rotatable bonds is 4. The van der Waals surface area contributed by atoms with Crippen molar-refractivity contribution < 1.29 is 13.5 Å². The van der Waals surface area contributed by atoms with Crippen LogP contribution in [-0.4, -0.2) is 26.2 Å². The number of benzene rings is 1. The summed E-state index contributed by atoms with van der Waals surface area (Å²) >= 11 is 0. The Morgan fingerprint density at radius 2 is 1.89 bits per heavy atom. The lowest BCUT2D eigenvalue weighted by Crippen LogP contribution is -2.31. The maximum Gasteiger partial charge on any atom is 0.241 e. The summed E-state index contributed by atoms with van der Waals surface area (Å²) in [5, 5.41) is 9.16. The lowest BCUT2D eigenvalue weighted by atomic mass is 10.1. The summed E-state index contributed by atoms with van der Waals surface area (Å²) in [4.78, 5) is 0.209. The van der Waals surface area contributed by atoms with E-state index in [1.165, 1.54) is 6.92 Å². The van der Waals surface area contributed by atoms with E-state index in [9.17, 15) is 8.42 Å². The third-order valence-electron chi connectivity index (χ3n) is 2.92. The molecule has 0 fully saturated rings. The average molecular weight is 272 g/mol. The molecule has 4 N–H and O–H groups in total. The van der Waals surface area contributed by atoms with Crippen molar-refractivity contribution in [2.45, 2.75) is 38.7 Å². The first-order chi connectivity index (χ1) is 8.16. The maximum atomic E-state index is 12.2. The molecule has 1 aromatic carbocycles. The monoisotopic (exact) mass is 272 g/mol. The van der Waals surface area contributed by atoms with Crippen LogP contribution in [0, 0.1) is 20.8 Å². The molecule has 0 saturated carbocycles. The Morgan fingerprint density at radius 1 is 1.33 bits per heavy atom. The van der Waals surface area contributed by atoms with Crippen molar-refractivity contribution in [3.05, 3.63) is 22.8 Å². The van der Waals surface area contributed by atoms with Gasteiger partial charge in [0.05, 0.1) is 11.0 Å². The number of nitrogens with one attached hydrogen (secondary N) is 1. The van der Waals surface area contributed by atoms with E-state index in [0.29, 0.717) is 16.8 Å². The fraction of sp³-hybridized carbons (Fsp3) is 0.500. The maximum absolute atomic E-state index is 12.2. The Hall–Kier alpha value is -1.11. The van der Waals surface area contributed by atoms with Gasteiger partial charge in [0.1, 0.15) is 0 Å². The number of aliphatic hydroxyl groups excluding tert-OH is 1. The predicted molar refractivity (Wildman–Crippen MR) is 71.9 cm³/mol. The van der Waals surface area contributed by atoms with E-state index >= 15 is 0 Å². The van der Waals surface area contributed by atoms with Crippen molar-refractivity contribution in [3.8, 4) is 0 Å². The van der Waals surface area contributed by atoms with Crippen molar-refractivity contribution in [2.75, 3.05) is 12.3 Å². The summed E-state index contributed by atoms with van der Waals surface area (Å²) in [7, 11) is -3.65. The number of hydrogen-bond donors (Lipinski definition) is 3. The van der Waals surface area contributed by atoms with Crippen molar-refractivity contribution in [1.82, 2.24) is 4.72 Å². The van der Waals surface area contributed by atoms with Gasteiger partial charge >= 0.3 is 0 Å². The van der Waals surface area contributed by atoms with Gasteiger partial charge in [0.25, 0.3) is 0 Å². The number of sulfonamides is 1. The van der Waals surface area contributed by atoms with E-state index in [4.69, 9.17) is 10.8 Å². The molecule has 0 radical (unpaired) electrons. The Morgan fingerprint density at radius 3 is 2.39 bits per heavy atom. The zero-order valence-electron chi connectivity index (χ0n) is 11.1. The third-order valence-corrected chi connectivity index (χ3v) is 4.61.